The second-order valence-corrected chi connectivity index (χ2v) is 4.09. The van der Waals surface area contributed by atoms with E-state index in [9.17, 15) is 4.91 Å². The molecule has 16 heavy (non-hydrogen) atoms. The zero-order chi connectivity index (χ0) is 11.5. The fourth-order valence-electron chi connectivity index (χ4n) is 1.48. The molecule has 2 rings (SSSR count). The Bertz CT molecular complexity index is 522. The number of nitrogens with zero attached hydrogens (tertiary/aromatic N) is 1. The van der Waals surface area contributed by atoms with Crippen molar-refractivity contribution in [2.45, 2.75) is 6.54 Å². The van der Waals surface area contributed by atoms with Crippen LogP contribution in [0.15, 0.2) is 35.6 Å². The van der Waals surface area contributed by atoms with E-state index in [-0.39, 0.29) is 6.54 Å². The molecular formula is C11H8Cl2N2O. The van der Waals surface area contributed by atoms with E-state index in [0.717, 1.165) is 16.8 Å². The van der Waals surface area contributed by atoms with Gasteiger partial charge in [-0.2, -0.15) is 4.91 Å². The van der Waals surface area contributed by atoms with Crippen molar-refractivity contribution in [2.75, 3.05) is 0 Å². The van der Waals surface area contributed by atoms with Crippen molar-refractivity contribution in [1.29, 1.82) is 0 Å². The average Bonchev–Trinajstić information content (AvgIpc) is 2.71. The molecule has 0 aliphatic carbocycles. The van der Waals surface area contributed by atoms with Crippen LogP contribution >= 0.6 is 23.2 Å². The summed E-state index contributed by atoms with van der Waals surface area (Å²) < 4.78 is 0. The van der Waals surface area contributed by atoms with Crippen LogP contribution in [0.5, 0.6) is 0 Å². The van der Waals surface area contributed by atoms with Crippen molar-refractivity contribution in [2.24, 2.45) is 5.18 Å². The van der Waals surface area contributed by atoms with Gasteiger partial charge in [-0.05, 0) is 12.1 Å². The Morgan fingerprint density at radius 2 is 2.12 bits per heavy atom. The highest BCUT2D eigenvalue weighted by atomic mass is 35.5. The molecular weight excluding hydrogens is 247 g/mol. The first-order valence-corrected chi connectivity index (χ1v) is 5.38. The molecule has 0 saturated heterocycles. The van der Waals surface area contributed by atoms with E-state index in [1.807, 2.05) is 18.2 Å². The number of benzene rings is 1. The zero-order valence-electron chi connectivity index (χ0n) is 8.21. The molecule has 0 aliphatic rings. The highest BCUT2D eigenvalue weighted by Crippen LogP contribution is 2.33. The van der Waals surface area contributed by atoms with Crippen LogP contribution in [-0.2, 0) is 6.54 Å². The lowest BCUT2D eigenvalue weighted by molar-refractivity contribution is 1.00. The Balaban J connectivity index is 2.42. The third kappa shape index (κ3) is 2.10. The van der Waals surface area contributed by atoms with Crippen molar-refractivity contribution >= 4 is 23.2 Å². The highest BCUT2D eigenvalue weighted by Gasteiger charge is 2.08. The van der Waals surface area contributed by atoms with Crippen LogP contribution in [0, 0.1) is 4.91 Å². The molecule has 0 spiro atoms. The second kappa shape index (κ2) is 4.68. The van der Waals surface area contributed by atoms with Gasteiger partial charge in [0.25, 0.3) is 0 Å². The maximum Gasteiger partial charge on any atom is 0.121 e. The van der Waals surface area contributed by atoms with Gasteiger partial charge in [0.05, 0.1) is 10.0 Å². The minimum atomic E-state index is 0.123. The molecule has 1 N–H and O–H groups in total. The molecule has 3 nitrogen and oxygen atoms in total. The van der Waals surface area contributed by atoms with Crippen molar-refractivity contribution in [3.05, 3.63) is 51.1 Å². The fraction of sp³-hybridized carbons (Fsp3) is 0.0909. The molecule has 82 valence electrons. The molecule has 1 aromatic carbocycles. The maximum atomic E-state index is 10.1. The normalized spacial score (nSPS) is 10.4. The number of aromatic amines is 1. The Hall–Kier alpha value is -1.32. The van der Waals surface area contributed by atoms with E-state index in [4.69, 9.17) is 23.2 Å². The van der Waals surface area contributed by atoms with E-state index in [1.165, 1.54) is 0 Å². The third-order valence-corrected chi connectivity index (χ3v) is 3.06. The van der Waals surface area contributed by atoms with Gasteiger partial charge in [0.2, 0.25) is 0 Å². The van der Waals surface area contributed by atoms with E-state index in [2.05, 4.69) is 10.2 Å². The molecule has 0 saturated carbocycles. The van der Waals surface area contributed by atoms with Crippen molar-refractivity contribution in [1.82, 2.24) is 4.98 Å². The van der Waals surface area contributed by atoms with E-state index >= 15 is 0 Å². The summed E-state index contributed by atoms with van der Waals surface area (Å²) in [5.74, 6) is 0. The molecule has 0 atom stereocenters. The lowest BCUT2D eigenvalue weighted by Crippen LogP contribution is -1.78. The van der Waals surface area contributed by atoms with Crippen LogP contribution in [0.4, 0.5) is 0 Å². The topological polar surface area (TPSA) is 45.2 Å². The summed E-state index contributed by atoms with van der Waals surface area (Å²) in [5.41, 5.74) is 2.48. The molecule has 0 radical (unpaired) electrons. The minimum absolute atomic E-state index is 0.123. The summed E-state index contributed by atoms with van der Waals surface area (Å²) in [5, 5.41) is 3.83. The predicted octanol–water partition coefficient (Wildman–Crippen LogP) is 4.25. The molecule has 1 aromatic heterocycles. The van der Waals surface area contributed by atoms with Gasteiger partial charge in [-0.15, -0.1) is 0 Å². The Labute approximate surface area is 102 Å². The van der Waals surface area contributed by atoms with Gasteiger partial charge in [-0.25, -0.2) is 0 Å². The molecule has 0 bridgehead atoms. The van der Waals surface area contributed by atoms with Gasteiger partial charge in [0, 0.05) is 23.0 Å². The summed E-state index contributed by atoms with van der Waals surface area (Å²) in [6.07, 6.45) is 1.78. The monoisotopic (exact) mass is 254 g/mol. The zero-order valence-corrected chi connectivity index (χ0v) is 9.72. The number of halogens is 2. The van der Waals surface area contributed by atoms with Crippen LogP contribution in [0.2, 0.25) is 10.0 Å². The number of hydrogen-bond donors (Lipinski definition) is 1. The first-order chi connectivity index (χ1) is 7.72. The molecule has 2 aromatic rings. The standard InChI is InChI=1S/C11H8Cl2N2O/c12-10-3-1-2-9(11(10)13)7-4-8(6-15-16)14-5-7/h1-5,14H,6H2. The van der Waals surface area contributed by atoms with Crippen LogP contribution in [0.3, 0.4) is 0 Å². The second-order valence-electron chi connectivity index (χ2n) is 3.30. The van der Waals surface area contributed by atoms with Crippen molar-refractivity contribution in [3.8, 4) is 11.1 Å². The quantitative estimate of drug-likeness (QED) is 0.818. The summed E-state index contributed by atoms with van der Waals surface area (Å²) in [6.45, 7) is 0.123. The number of nitroso groups, excluding NO2 is 1. The number of H-pyrrole nitrogens is 1. The fourth-order valence-corrected chi connectivity index (χ4v) is 1.89. The van der Waals surface area contributed by atoms with Crippen LogP contribution < -0.4 is 0 Å². The van der Waals surface area contributed by atoms with E-state index < -0.39 is 0 Å². The summed E-state index contributed by atoms with van der Waals surface area (Å²) >= 11 is 12.0. The number of aromatic nitrogens is 1. The Morgan fingerprint density at radius 1 is 1.31 bits per heavy atom. The Kier molecular flexibility index (Phi) is 3.27. The van der Waals surface area contributed by atoms with Crippen molar-refractivity contribution in [3.63, 3.8) is 0 Å². The predicted molar refractivity (Wildman–Crippen MR) is 65.7 cm³/mol. The molecule has 0 amide bonds. The largest absolute Gasteiger partial charge is 0.363 e. The first-order valence-electron chi connectivity index (χ1n) is 4.63. The first kappa shape index (κ1) is 11.2. The molecule has 0 fully saturated rings. The average molecular weight is 255 g/mol. The summed E-state index contributed by atoms with van der Waals surface area (Å²) in [6, 6.07) is 7.26. The van der Waals surface area contributed by atoms with Gasteiger partial charge in [-0.3, -0.25) is 0 Å². The number of hydrogen-bond acceptors (Lipinski definition) is 2. The van der Waals surface area contributed by atoms with E-state index in [0.29, 0.717) is 10.0 Å². The van der Waals surface area contributed by atoms with Crippen LogP contribution in [0.1, 0.15) is 5.69 Å². The van der Waals surface area contributed by atoms with E-state index in [1.54, 1.807) is 12.3 Å². The summed E-state index contributed by atoms with van der Waals surface area (Å²) in [4.78, 5) is 13.1. The summed E-state index contributed by atoms with van der Waals surface area (Å²) in [7, 11) is 0. The SMILES string of the molecule is O=NCc1cc(-c2cccc(Cl)c2Cl)c[nH]1. The molecule has 5 heteroatoms. The van der Waals surface area contributed by atoms with Crippen molar-refractivity contribution < 1.29 is 0 Å². The number of nitrogens with one attached hydrogen (secondary N) is 1. The van der Waals surface area contributed by atoms with Gasteiger partial charge in [0.1, 0.15) is 6.54 Å². The minimum Gasteiger partial charge on any atom is -0.363 e. The highest BCUT2D eigenvalue weighted by molar-refractivity contribution is 6.43. The van der Waals surface area contributed by atoms with Crippen LogP contribution in [-0.4, -0.2) is 4.98 Å². The lowest BCUT2D eigenvalue weighted by atomic mass is 10.1. The molecule has 0 unspecified atom stereocenters. The number of rotatable bonds is 3. The third-order valence-electron chi connectivity index (χ3n) is 2.24. The van der Waals surface area contributed by atoms with Gasteiger partial charge in [0.15, 0.2) is 0 Å². The Morgan fingerprint density at radius 3 is 2.88 bits per heavy atom. The van der Waals surface area contributed by atoms with Gasteiger partial charge >= 0.3 is 0 Å². The maximum absolute atomic E-state index is 10.1. The van der Waals surface area contributed by atoms with Gasteiger partial charge in [-0.1, -0.05) is 40.5 Å². The smallest absolute Gasteiger partial charge is 0.121 e. The van der Waals surface area contributed by atoms with Gasteiger partial charge < -0.3 is 4.98 Å². The van der Waals surface area contributed by atoms with Crippen LogP contribution in [0.25, 0.3) is 11.1 Å². The molecule has 0 aliphatic heterocycles. The molecule has 1 heterocycles. The lowest BCUT2D eigenvalue weighted by Gasteiger charge is -2.02.